The molecule has 57 heavy (non-hydrogen) atoms. The predicted octanol–water partition coefficient (Wildman–Crippen LogP) is 13.5. The number of quaternary nitrogens is 1. The second-order valence-corrected chi connectivity index (χ2v) is 18.5. The summed E-state index contributed by atoms with van der Waals surface area (Å²) >= 11 is 0. The summed E-state index contributed by atoms with van der Waals surface area (Å²) in [6.07, 6.45) is 48.7. The lowest BCUT2D eigenvalue weighted by Gasteiger charge is -2.28. The van der Waals surface area contributed by atoms with Crippen LogP contribution in [-0.4, -0.2) is 70.7 Å². The molecule has 8 nitrogen and oxygen atoms in total. The van der Waals surface area contributed by atoms with Gasteiger partial charge in [0.05, 0.1) is 34.4 Å². The number of rotatable bonds is 44. The van der Waals surface area contributed by atoms with E-state index in [9.17, 15) is 14.3 Å². The molecule has 0 aromatic heterocycles. The first-order valence-electron chi connectivity index (χ1n) is 23.7. The van der Waals surface area contributed by atoms with Crippen LogP contribution in [0.1, 0.15) is 206 Å². The topological polar surface area (TPSA) is 94.1 Å². The Bertz CT molecular complexity index is 1010. The Labute approximate surface area is 353 Å². The van der Waals surface area contributed by atoms with Gasteiger partial charge in [0.2, 0.25) is 0 Å². The van der Waals surface area contributed by atoms with Crippen molar-refractivity contribution in [1.82, 2.24) is 0 Å². The van der Waals surface area contributed by atoms with E-state index in [2.05, 4.69) is 50.3 Å². The van der Waals surface area contributed by atoms with Crippen molar-refractivity contribution in [3.05, 3.63) is 36.5 Å². The molecule has 0 aromatic rings. The molecular formula is C48H92NO7P. The molecular weight excluding hydrogens is 734 g/mol. The number of likely N-dealkylation sites (N-methyl/N-ethyl adjacent to an activating group) is 1. The van der Waals surface area contributed by atoms with E-state index in [4.69, 9.17) is 18.5 Å². The maximum atomic E-state index is 12.7. The van der Waals surface area contributed by atoms with Crippen molar-refractivity contribution in [3.8, 4) is 0 Å². The fourth-order valence-electron chi connectivity index (χ4n) is 6.45. The van der Waals surface area contributed by atoms with E-state index >= 15 is 0 Å². The molecule has 0 saturated heterocycles. The highest BCUT2D eigenvalue weighted by Crippen LogP contribution is 2.38. The molecule has 0 amide bonds. The van der Waals surface area contributed by atoms with Gasteiger partial charge in [0, 0.05) is 13.0 Å². The van der Waals surface area contributed by atoms with E-state index in [0.29, 0.717) is 24.1 Å². The summed E-state index contributed by atoms with van der Waals surface area (Å²) in [6, 6.07) is 0. The summed E-state index contributed by atoms with van der Waals surface area (Å²) in [4.78, 5) is 25.1. The summed E-state index contributed by atoms with van der Waals surface area (Å²) < 4.78 is 34.7. The van der Waals surface area contributed by atoms with Crippen molar-refractivity contribution >= 4 is 13.8 Å². The van der Waals surface area contributed by atoms with Gasteiger partial charge in [-0.1, -0.05) is 166 Å². The second-order valence-electron chi connectivity index (χ2n) is 17.1. The van der Waals surface area contributed by atoms with Gasteiger partial charge < -0.3 is 27.9 Å². The number of phosphoric acid groups is 1. The average Bonchev–Trinajstić information content (AvgIpc) is 3.16. The van der Waals surface area contributed by atoms with E-state index in [-0.39, 0.29) is 25.8 Å². The summed E-state index contributed by atoms with van der Waals surface area (Å²) in [7, 11) is 1.35. The third kappa shape index (κ3) is 45.7. The number of phosphoric ester groups is 1. The number of esters is 1. The summed E-state index contributed by atoms with van der Waals surface area (Å²) in [6.45, 7) is 5.38. The van der Waals surface area contributed by atoms with Gasteiger partial charge in [-0.15, -0.1) is 0 Å². The molecule has 0 heterocycles. The molecule has 0 fully saturated rings. The van der Waals surface area contributed by atoms with E-state index in [0.717, 1.165) is 44.9 Å². The lowest BCUT2D eigenvalue weighted by atomic mass is 10.1. The molecule has 0 rings (SSSR count). The van der Waals surface area contributed by atoms with Crippen molar-refractivity contribution in [1.29, 1.82) is 0 Å². The quantitative estimate of drug-likeness (QED) is 0.0198. The molecule has 0 radical (unpaired) electrons. The number of carbonyl (C=O) groups excluding carboxylic acids is 1. The zero-order valence-corrected chi connectivity index (χ0v) is 38.9. The number of ether oxygens (including phenoxy) is 2. The highest BCUT2D eigenvalue weighted by molar-refractivity contribution is 7.45. The molecule has 0 aromatic carbocycles. The van der Waals surface area contributed by atoms with Crippen molar-refractivity contribution in [2.75, 3.05) is 54.1 Å². The number of carbonyl (C=O) groups is 1. The van der Waals surface area contributed by atoms with Crippen molar-refractivity contribution in [2.45, 2.75) is 213 Å². The van der Waals surface area contributed by atoms with E-state index in [1.165, 1.54) is 141 Å². The van der Waals surface area contributed by atoms with Gasteiger partial charge in [-0.2, -0.15) is 0 Å². The van der Waals surface area contributed by atoms with Crippen LogP contribution in [0.4, 0.5) is 0 Å². The van der Waals surface area contributed by atoms with Crippen molar-refractivity contribution < 1.29 is 37.3 Å². The largest absolute Gasteiger partial charge is 0.756 e. The number of unbranched alkanes of at least 4 members (excludes halogenated alkanes) is 24. The first-order chi connectivity index (χ1) is 27.6. The Hall–Kier alpha value is -1.28. The Morgan fingerprint density at radius 1 is 0.544 bits per heavy atom. The molecule has 0 spiro atoms. The van der Waals surface area contributed by atoms with Crippen molar-refractivity contribution in [3.63, 3.8) is 0 Å². The van der Waals surface area contributed by atoms with E-state index < -0.39 is 13.9 Å². The van der Waals surface area contributed by atoms with Gasteiger partial charge in [0.1, 0.15) is 19.3 Å². The lowest BCUT2D eigenvalue weighted by molar-refractivity contribution is -0.870. The van der Waals surface area contributed by atoms with Crippen LogP contribution in [0.2, 0.25) is 0 Å². The number of hydrogen-bond donors (Lipinski definition) is 0. The molecule has 0 bridgehead atoms. The molecule has 9 heteroatoms. The molecule has 0 aliphatic carbocycles. The molecule has 0 aliphatic rings. The first kappa shape index (κ1) is 55.7. The van der Waals surface area contributed by atoms with Crippen LogP contribution >= 0.6 is 7.82 Å². The minimum atomic E-state index is -4.53. The van der Waals surface area contributed by atoms with Gasteiger partial charge in [-0.3, -0.25) is 9.36 Å². The van der Waals surface area contributed by atoms with Crippen molar-refractivity contribution in [2.24, 2.45) is 0 Å². The minimum Gasteiger partial charge on any atom is -0.756 e. The fourth-order valence-corrected chi connectivity index (χ4v) is 7.18. The SMILES string of the molecule is CCCCC/C=C\C/C=C\CCCCCCCCCC(=O)OC(COCCCCCCCCCC/C=C\CCCCCCCC)COP(=O)([O-])OCC[N+](C)(C)C. The molecule has 2 unspecified atom stereocenters. The third-order valence-corrected chi connectivity index (χ3v) is 11.1. The van der Waals surface area contributed by atoms with Gasteiger partial charge in [-0.25, -0.2) is 0 Å². The molecule has 336 valence electrons. The maximum Gasteiger partial charge on any atom is 0.306 e. The molecule has 0 N–H and O–H groups in total. The fraction of sp³-hybridized carbons (Fsp3) is 0.854. The first-order valence-corrected chi connectivity index (χ1v) is 25.2. The van der Waals surface area contributed by atoms with Gasteiger partial charge in [0.25, 0.3) is 7.82 Å². The van der Waals surface area contributed by atoms with Crippen LogP contribution in [0.3, 0.4) is 0 Å². The second kappa shape index (κ2) is 41.5. The van der Waals surface area contributed by atoms with Gasteiger partial charge >= 0.3 is 5.97 Å². The van der Waals surface area contributed by atoms with Crippen LogP contribution in [0.25, 0.3) is 0 Å². The average molecular weight is 826 g/mol. The number of allylic oxidation sites excluding steroid dienone is 6. The molecule has 0 saturated carbocycles. The third-order valence-electron chi connectivity index (χ3n) is 10.2. The standard InChI is InChI=1S/C48H92NO7P/c1-6-8-10-12-14-16-18-20-22-24-26-28-30-32-34-36-38-40-43-53-45-47(46-55-57(51,52)54-44-42-49(3,4)5)56-48(50)41-39-37-35-33-31-29-27-25-23-21-19-17-15-13-11-9-7-2/h15,17,20-23,47H,6-14,16,18-19,24-46H2,1-5H3/b17-15-,22-20-,23-21-. The summed E-state index contributed by atoms with van der Waals surface area (Å²) in [5.74, 6) is -0.342. The normalized spacial score (nSPS) is 14.0. The summed E-state index contributed by atoms with van der Waals surface area (Å²) in [5, 5.41) is 0. The number of nitrogens with zero attached hydrogens (tertiary/aromatic N) is 1. The predicted molar refractivity (Wildman–Crippen MR) is 240 cm³/mol. The Morgan fingerprint density at radius 3 is 1.47 bits per heavy atom. The Balaban J connectivity index is 4.20. The zero-order valence-electron chi connectivity index (χ0n) is 38.0. The van der Waals surface area contributed by atoms with Crippen LogP contribution in [-0.2, 0) is 27.9 Å². The highest BCUT2D eigenvalue weighted by Gasteiger charge is 2.20. The van der Waals surface area contributed by atoms with Crippen LogP contribution in [0.15, 0.2) is 36.5 Å². The van der Waals surface area contributed by atoms with E-state index in [1.54, 1.807) is 0 Å². The van der Waals surface area contributed by atoms with Crippen LogP contribution in [0, 0.1) is 0 Å². The van der Waals surface area contributed by atoms with Crippen LogP contribution in [0.5, 0.6) is 0 Å². The minimum absolute atomic E-state index is 0.0239. The summed E-state index contributed by atoms with van der Waals surface area (Å²) in [5.41, 5.74) is 0. The smallest absolute Gasteiger partial charge is 0.306 e. The van der Waals surface area contributed by atoms with Gasteiger partial charge in [0.15, 0.2) is 0 Å². The molecule has 2 atom stereocenters. The Morgan fingerprint density at radius 2 is 0.965 bits per heavy atom. The van der Waals surface area contributed by atoms with Gasteiger partial charge in [-0.05, 0) is 70.6 Å². The lowest BCUT2D eigenvalue weighted by Crippen LogP contribution is -2.37. The van der Waals surface area contributed by atoms with E-state index in [1.807, 2.05) is 21.1 Å². The highest BCUT2D eigenvalue weighted by atomic mass is 31.2. The monoisotopic (exact) mass is 826 g/mol. The maximum absolute atomic E-state index is 12.7. The number of hydrogen-bond acceptors (Lipinski definition) is 7. The van der Waals surface area contributed by atoms with Crippen LogP contribution < -0.4 is 4.89 Å². The zero-order chi connectivity index (χ0) is 42.0. The molecule has 0 aliphatic heterocycles. The Kier molecular flexibility index (Phi) is 40.5.